The van der Waals surface area contributed by atoms with Crippen LogP contribution in [0.5, 0.6) is 0 Å². The van der Waals surface area contributed by atoms with Gasteiger partial charge in [0, 0.05) is 17.6 Å². The number of hydrogen-bond donors (Lipinski definition) is 3. The molecule has 2 heterocycles. The average molecular weight is 331 g/mol. The average Bonchev–Trinajstić information content (AvgIpc) is 3.11. The van der Waals surface area contributed by atoms with E-state index >= 15 is 0 Å². The Bertz CT molecular complexity index is 768. The molecule has 3 N–H and O–H groups in total. The zero-order valence-corrected chi connectivity index (χ0v) is 13.7. The quantitative estimate of drug-likeness (QED) is 0.799. The molecule has 0 radical (unpaired) electrons. The molecule has 0 aliphatic heterocycles. The van der Waals surface area contributed by atoms with Gasteiger partial charge in [-0.1, -0.05) is 0 Å². The van der Waals surface area contributed by atoms with Gasteiger partial charge in [-0.05, 0) is 56.7 Å². The standard InChI is InChI=1S/C17H21N3O4/c1-9(2)19-17(23)24-13-4-3-10(6-13)12-5-11-7-14(16(21)22)20-15(11)18-8-12/h5,7-10,13H,3-4,6H2,1-2H3,(H,18,20)(H,19,23)(H,21,22)/t10-,13+/m0/s1. The highest BCUT2D eigenvalue weighted by molar-refractivity contribution is 5.92. The Kier molecular flexibility index (Phi) is 4.42. The van der Waals surface area contributed by atoms with Crippen LogP contribution in [0, 0.1) is 0 Å². The fraction of sp³-hybridized carbons (Fsp3) is 0.471. The van der Waals surface area contributed by atoms with Gasteiger partial charge in [0.1, 0.15) is 17.4 Å². The van der Waals surface area contributed by atoms with E-state index in [1.54, 1.807) is 12.3 Å². The lowest BCUT2D eigenvalue weighted by Gasteiger charge is -2.15. The smallest absolute Gasteiger partial charge is 0.407 e. The van der Waals surface area contributed by atoms with Crippen molar-refractivity contribution in [1.29, 1.82) is 0 Å². The van der Waals surface area contributed by atoms with E-state index < -0.39 is 5.97 Å². The summed E-state index contributed by atoms with van der Waals surface area (Å²) < 4.78 is 5.44. The minimum atomic E-state index is -1.000. The van der Waals surface area contributed by atoms with Crippen LogP contribution in [0.15, 0.2) is 18.3 Å². The Morgan fingerprint density at radius 2 is 2.17 bits per heavy atom. The van der Waals surface area contributed by atoms with Crippen LogP contribution in [0.2, 0.25) is 0 Å². The predicted octanol–water partition coefficient (Wildman–Crippen LogP) is 3.03. The van der Waals surface area contributed by atoms with Crippen molar-refractivity contribution in [2.24, 2.45) is 0 Å². The number of aromatic carboxylic acids is 1. The monoisotopic (exact) mass is 331 g/mol. The first-order valence-electron chi connectivity index (χ1n) is 8.11. The number of aromatic amines is 1. The predicted molar refractivity (Wildman–Crippen MR) is 88.2 cm³/mol. The molecule has 1 amide bonds. The molecular weight excluding hydrogens is 310 g/mol. The summed E-state index contributed by atoms with van der Waals surface area (Å²) in [5, 5.41) is 12.5. The van der Waals surface area contributed by atoms with Crippen molar-refractivity contribution in [2.45, 2.75) is 51.2 Å². The second kappa shape index (κ2) is 6.51. The van der Waals surface area contributed by atoms with Crippen LogP contribution in [0.25, 0.3) is 11.0 Å². The van der Waals surface area contributed by atoms with E-state index in [2.05, 4.69) is 15.3 Å². The lowest BCUT2D eigenvalue weighted by Crippen LogP contribution is -2.33. The highest BCUT2D eigenvalue weighted by Gasteiger charge is 2.29. The SMILES string of the molecule is CC(C)NC(=O)O[C@@H]1CC[C@H](c2cnc3[nH]c(C(=O)O)cc3c2)C1. The number of carbonyl (C=O) groups excluding carboxylic acids is 1. The first-order valence-corrected chi connectivity index (χ1v) is 8.11. The molecule has 0 spiro atoms. The number of nitrogens with zero attached hydrogens (tertiary/aromatic N) is 1. The molecule has 3 rings (SSSR count). The molecule has 7 nitrogen and oxygen atoms in total. The summed E-state index contributed by atoms with van der Waals surface area (Å²) >= 11 is 0. The number of rotatable bonds is 4. The molecule has 0 unspecified atom stereocenters. The van der Waals surface area contributed by atoms with Crippen molar-refractivity contribution < 1.29 is 19.4 Å². The van der Waals surface area contributed by atoms with Crippen LogP contribution in [0.4, 0.5) is 4.79 Å². The number of nitrogens with one attached hydrogen (secondary N) is 2. The van der Waals surface area contributed by atoms with Crippen molar-refractivity contribution in [3.63, 3.8) is 0 Å². The molecule has 2 aromatic heterocycles. The van der Waals surface area contributed by atoms with Crippen LogP contribution in [0.3, 0.4) is 0 Å². The summed E-state index contributed by atoms with van der Waals surface area (Å²) in [5.74, 6) is -0.734. The van der Waals surface area contributed by atoms with Gasteiger partial charge < -0.3 is 20.1 Å². The van der Waals surface area contributed by atoms with Gasteiger partial charge in [-0.15, -0.1) is 0 Å². The molecule has 1 aliphatic carbocycles. The van der Waals surface area contributed by atoms with Crippen molar-refractivity contribution in [3.05, 3.63) is 29.6 Å². The number of carbonyl (C=O) groups is 2. The van der Waals surface area contributed by atoms with Crippen molar-refractivity contribution in [1.82, 2.24) is 15.3 Å². The topological polar surface area (TPSA) is 104 Å². The van der Waals surface area contributed by atoms with E-state index in [1.165, 1.54) is 0 Å². The zero-order chi connectivity index (χ0) is 17.3. The van der Waals surface area contributed by atoms with Crippen molar-refractivity contribution in [2.75, 3.05) is 0 Å². The van der Waals surface area contributed by atoms with Crippen LogP contribution in [0.1, 0.15) is 55.1 Å². The van der Waals surface area contributed by atoms with Crippen molar-refractivity contribution >= 4 is 23.1 Å². The molecule has 24 heavy (non-hydrogen) atoms. The fourth-order valence-corrected chi connectivity index (χ4v) is 3.14. The minimum Gasteiger partial charge on any atom is -0.477 e. The zero-order valence-electron chi connectivity index (χ0n) is 13.7. The lowest BCUT2D eigenvalue weighted by molar-refractivity contribution is 0.0691. The number of pyridine rings is 1. The Hall–Kier alpha value is -2.57. The van der Waals surface area contributed by atoms with E-state index in [-0.39, 0.29) is 29.9 Å². The number of H-pyrrole nitrogens is 1. The Balaban J connectivity index is 1.68. The van der Waals surface area contributed by atoms with Crippen molar-refractivity contribution in [3.8, 4) is 0 Å². The highest BCUT2D eigenvalue weighted by Crippen LogP contribution is 2.36. The molecule has 0 bridgehead atoms. The third-order valence-corrected chi connectivity index (χ3v) is 4.26. The minimum absolute atomic E-state index is 0.0540. The van der Waals surface area contributed by atoms with Gasteiger partial charge in [-0.25, -0.2) is 14.6 Å². The number of amides is 1. The number of hydrogen-bond acceptors (Lipinski definition) is 4. The largest absolute Gasteiger partial charge is 0.477 e. The Labute approximate surface area is 139 Å². The summed E-state index contributed by atoms with van der Waals surface area (Å²) in [4.78, 5) is 29.8. The van der Waals surface area contributed by atoms with E-state index in [1.807, 2.05) is 19.9 Å². The number of carboxylic acid groups (broad SMARTS) is 1. The van der Waals surface area contributed by atoms with Gasteiger partial charge in [0.15, 0.2) is 0 Å². The maximum Gasteiger partial charge on any atom is 0.407 e. The Morgan fingerprint density at radius 1 is 1.38 bits per heavy atom. The third-order valence-electron chi connectivity index (χ3n) is 4.26. The fourth-order valence-electron chi connectivity index (χ4n) is 3.14. The number of ether oxygens (including phenoxy) is 1. The molecule has 0 saturated heterocycles. The van der Waals surface area contributed by atoms with E-state index in [0.29, 0.717) is 5.65 Å². The normalized spacial score (nSPS) is 20.5. The lowest BCUT2D eigenvalue weighted by atomic mass is 9.99. The second-order valence-electron chi connectivity index (χ2n) is 6.53. The Morgan fingerprint density at radius 3 is 2.88 bits per heavy atom. The van der Waals surface area contributed by atoms with Crippen LogP contribution in [-0.4, -0.2) is 39.3 Å². The van der Waals surface area contributed by atoms with Gasteiger partial charge in [0.25, 0.3) is 0 Å². The molecule has 7 heteroatoms. The molecule has 1 saturated carbocycles. The van der Waals surface area contributed by atoms with Gasteiger partial charge >= 0.3 is 12.1 Å². The van der Waals surface area contributed by atoms with Crippen LogP contribution < -0.4 is 5.32 Å². The molecule has 2 atom stereocenters. The van der Waals surface area contributed by atoms with Crippen LogP contribution in [-0.2, 0) is 4.74 Å². The molecular formula is C17H21N3O4. The van der Waals surface area contributed by atoms with Gasteiger partial charge in [-0.2, -0.15) is 0 Å². The molecule has 128 valence electrons. The van der Waals surface area contributed by atoms with Gasteiger partial charge in [-0.3, -0.25) is 0 Å². The molecule has 2 aromatic rings. The van der Waals surface area contributed by atoms with E-state index in [0.717, 1.165) is 30.2 Å². The summed E-state index contributed by atoms with van der Waals surface area (Å²) in [6.45, 7) is 3.78. The number of carboxylic acids is 1. The van der Waals surface area contributed by atoms with Gasteiger partial charge in [0.05, 0.1) is 0 Å². The summed E-state index contributed by atoms with van der Waals surface area (Å²) in [5.41, 5.74) is 1.75. The summed E-state index contributed by atoms with van der Waals surface area (Å²) in [7, 11) is 0. The van der Waals surface area contributed by atoms with Gasteiger partial charge in [0.2, 0.25) is 0 Å². The third kappa shape index (κ3) is 3.50. The van der Waals surface area contributed by atoms with E-state index in [4.69, 9.17) is 9.84 Å². The maximum absolute atomic E-state index is 11.7. The summed E-state index contributed by atoms with van der Waals surface area (Å²) in [6.07, 6.45) is 3.80. The molecule has 1 aliphatic rings. The first kappa shape index (κ1) is 16.3. The maximum atomic E-state index is 11.7. The molecule has 1 fully saturated rings. The number of fused-ring (bicyclic) bond motifs is 1. The second-order valence-corrected chi connectivity index (χ2v) is 6.53. The number of alkyl carbamates (subject to hydrolysis) is 1. The highest BCUT2D eigenvalue weighted by atomic mass is 16.6. The number of aromatic nitrogens is 2. The first-order chi connectivity index (χ1) is 11.4. The summed E-state index contributed by atoms with van der Waals surface area (Å²) in [6, 6.07) is 3.61. The molecule has 0 aromatic carbocycles. The van der Waals surface area contributed by atoms with Crippen LogP contribution >= 0.6 is 0 Å². The van der Waals surface area contributed by atoms with E-state index in [9.17, 15) is 9.59 Å².